The maximum atomic E-state index is 5.89. The molecule has 0 saturated carbocycles. The Bertz CT molecular complexity index is 396. The number of hydrogen-bond acceptors (Lipinski definition) is 3. The highest BCUT2D eigenvalue weighted by atomic mass is 35.5. The van der Waals surface area contributed by atoms with Gasteiger partial charge in [0.1, 0.15) is 10.7 Å². The van der Waals surface area contributed by atoms with Crippen LogP contribution >= 0.6 is 23.8 Å². The molecule has 1 aromatic carbocycles. The number of nitrogens with two attached hydrogens (primary N) is 1. The first kappa shape index (κ1) is 14.2. The third kappa shape index (κ3) is 4.89. The largest absolute Gasteiger partial charge is 0.493 e. The molecule has 1 aromatic rings. The van der Waals surface area contributed by atoms with Crippen LogP contribution in [0.5, 0.6) is 5.75 Å². The molecule has 17 heavy (non-hydrogen) atoms. The van der Waals surface area contributed by atoms with Gasteiger partial charge in [-0.1, -0.05) is 23.8 Å². The van der Waals surface area contributed by atoms with Gasteiger partial charge in [0.05, 0.1) is 12.2 Å². The highest BCUT2D eigenvalue weighted by molar-refractivity contribution is 7.80. The molecule has 0 saturated heterocycles. The van der Waals surface area contributed by atoms with Gasteiger partial charge in [-0.25, -0.2) is 0 Å². The van der Waals surface area contributed by atoms with E-state index in [0.717, 1.165) is 13.0 Å². The van der Waals surface area contributed by atoms with Gasteiger partial charge < -0.3 is 15.4 Å². The molecule has 0 heterocycles. The van der Waals surface area contributed by atoms with Gasteiger partial charge in [0.25, 0.3) is 0 Å². The van der Waals surface area contributed by atoms with E-state index in [1.54, 1.807) is 18.2 Å². The lowest BCUT2D eigenvalue weighted by molar-refractivity contribution is 0.281. The van der Waals surface area contributed by atoms with E-state index in [-0.39, 0.29) is 0 Å². The van der Waals surface area contributed by atoms with Crippen molar-refractivity contribution < 1.29 is 4.74 Å². The van der Waals surface area contributed by atoms with Gasteiger partial charge in [-0.3, -0.25) is 0 Å². The first-order chi connectivity index (χ1) is 8.00. The predicted octanol–water partition coefficient (Wildman–Crippen LogP) is 2.30. The Balaban J connectivity index is 2.61. The van der Waals surface area contributed by atoms with Gasteiger partial charge in [-0.15, -0.1) is 0 Å². The predicted molar refractivity (Wildman–Crippen MR) is 76.0 cm³/mol. The lowest BCUT2D eigenvalue weighted by Gasteiger charge is -2.13. The second-order valence-electron chi connectivity index (χ2n) is 4.01. The van der Waals surface area contributed by atoms with E-state index in [4.69, 9.17) is 34.3 Å². The molecule has 0 amide bonds. The Morgan fingerprint density at radius 3 is 2.76 bits per heavy atom. The van der Waals surface area contributed by atoms with Crippen molar-refractivity contribution in [3.8, 4) is 5.75 Å². The maximum Gasteiger partial charge on any atom is 0.129 e. The van der Waals surface area contributed by atoms with Crippen LogP contribution in [-0.4, -0.2) is 37.1 Å². The van der Waals surface area contributed by atoms with Crippen LogP contribution in [0, 0.1) is 0 Å². The fourth-order valence-electron chi connectivity index (χ4n) is 1.38. The van der Waals surface area contributed by atoms with Crippen molar-refractivity contribution in [2.45, 2.75) is 6.42 Å². The van der Waals surface area contributed by atoms with Crippen molar-refractivity contribution in [2.24, 2.45) is 5.73 Å². The first-order valence-corrected chi connectivity index (χ1v) is 6.16. The molecule has 0 fully saturated rings. The minimum absolute atomic E-state index is 0.301. The number of rotatable bonds is 6. The SMILES string of the molecule is CN(C)CCCOc1ccc(Cl)cc1C(N)=S. The Morgan fingerprint density at radius 2 is 2.18 bits per heavy atom. The van der Waals surface area contributed by atoms with Crippen LogP contribution in [-0.2, 0) is 0 Å². The van der Waals surface area contributed by atoms with Gasteiger partial charge in [0.2, 0.25) is 0 Å². The molecule has 1 rings (SSSR count). The molecule has 94 valence electrons. The molecule has 5 heteroatoms. The fourth-order valence-corrected chi connectivity index (χ4v) is 1.72. The molecule has 2 N–H and O–H groups in total. The van der Waals surface area contributed by atoms with Crippen molar-refractivity contribution in [3.63, 3.8) is 0 Å². The zero-order valence-electron chi connectivity index (χ0n) is 10.1. The molecular formula is C12H17ClN2OS. The monoisotopic (exact) mass is 272 g/mol. The number of nitrogens with zero attached hydrogens (tertiary/aromatic N) is 1. The average Bonchev–Trinajstić information content (AvgIpc) is 2.25. The topological polar surface area (TPSA) is 38.5 Å². The summed E-state index contributed by atoms with van der Waals surface area (Å²) in [6.07, 6.45) is 0.951. The molecule has 0 aliphatic rings. The van der Waals surface area contributed by atoms with Crippen LogP contribution in [0.4, 0.5) is 0 Å². The quantitative estimate of drug-likeness (QED) is 0.637. The Labute approximate surface area is 112 Å². The molecule has 0 aromatic heterocycles. The summed E-state index contributed by atoms with van der Waals surface area (Å²) in [5, 5.41) is 0.605. The highest BCUT2D eigenvalue weighted by Gasteiger charge is 2.07. The van der Waals surface area contributed by atoms with Crippen LogP contribution in [0.2, 0.25) is 5.02 Å². The smallest absolute Gasteiger partial charge is 0.129 e. The van der Waals surface area contributed by atoms with E-state index >= 15 is 0 Å². The van der Waals surface area contributed by atoms with Crippen molar-refractivity contribution in [2.75, 3.05) is 27.2 Å². The molecule has 0 unspecified atom stereocenters. The molecule has 0 radical (unpaired) electrons. The number of hydrogen-bond donors (Lipinski definition) is 1. The Morgan fingerprint density at radius 1 is 1.47 bits per heavy atom. The summed E-state index contributed by atoms with van der Waals surface area (Å²) in [6.45, 7) is 1.62. The summed E-state index contributed by atoms with van der Waals surface area (Å²) in [7, 11) is 4.06. The molecule has 3 nitrogen and oxygen atoms in total. The fraction of sp³-hybridized carbons (Fsp3) is 0.417. The van der Waals surface area contributed by atoms with Gasteiger partial charge in [0.15, 0.2) is 0 Å². The standard InChI is InChI=1S/C12H17ClN2OS/c1-15(2)6-3-7-16-11-5-4-9(13)8-10(11)12(14)17/h4-5,8H,3,6-7H2,1-2H3,(H2,14,17). The molecule has 0 aliphatic carbocycles. The van der Waals surface area contributed by atoms with Crippen LogP contribution in [0.3, 0.4) is 0 Å². The summed E-state index contributed by atoms with van der Waals surface area (Å²) in [6, 6.07) is 5.29. The lowest BCUT2D eigenvalue weighted by atomic mass is 10.2. The first-order valence-electron chi connectivity index (χ1n) is 5.37. The van der Waals surface area contributed by atoms with Gasteiger partial charge in [0, 0.05) is 11.6 Å². The molecular weight excluding hydrogens is 256 g/mol. The second-order valence-corrected chi connectivity index (χ2v) is 4.89. The molecule has 0 bridgehead atoms. The van der Waals surface area contributed by atoms with E-state index in [0.29, 0.717) is 27.9 Å². The Kier molecular flexibility index (Phi) is 5.68. The maximum absolute atomic E-state index is 5.89. The van der Waals surface area contributed by atoms with Gasteiger partial charge in [-0.05, 0) is 38.7 Å². The zero-order chi connectivity index (χ0) is 12.8. The van der Waals surface area contributed by atoms with Crippen molar-refractivity contribution in [1.82, 2.24) is 4.90 Å². The Hall–Kier alpha value is -0.840. The van der Waals surface area contributed by atoms with E-state index in [2.05, 4.69) is 4.90 Å². The van der Waals surface area contributed by atoms with E-state index in [1.165, 1.54) is 0 Å². The summed E-state index contributed by atoms with van der Waals surface area (Å²) in [4.78, 5) is 2.41. The summed E-state index contributed by atoms with van der Waals surface area (Å²) in [5.41, 5.74) is 6.31. The van der Waals surface area contributed by atoms with Crippen LogP contribution in [0.1, 0.15) is 12.0 Å². The normalized spacial score (nSPS) is 10.6. The van der Waals surface area contributed by atoms with E-state index in [9.17, 15) is 0 Å². The van der Waals surface area contributed by atoms with Crippen LogP contribution < -0.4 is 10.5 Å². The van der Waals surface area contributed by atoms with Crippen LogP contribution in [0.15, 0.2) is 18.2 Å². The summed E-state index contributed by atoms with van der Waals surface area (Å²) < 4.78 is 5.65. The van der Waals surface area contributed by atoms with Gasteiger partial charge in [-0.2, -0.15) is 0 Å². The zero-order valence-corrected chi connectivity index (χ0v) is 11.6. The number of ether oxygens (including phenoxy) is 1. The average molecular weight is 273 g/mol. The van der Waals surface area contributed by atoms with E-state index < -0.39 is 0 Å². The number of halogens is 1. The molecule has 0 atom stereocenters. The molecule has 0 aliphatic heterocycles. The van der Waals surface area contributed by atoms with Crippen molar-refractivity contribution in [1.29, 1.82) is 0 Å². The summed E-state index contributed by atoms with van der Waals surface area (Å²) >= 11 is 10.8. The lowest BCUT2D eigenvalue weighted by Crippen LogP contribution is -2.16. The second kappa shape index (κ2) is 6.79. The minimum atomic E-state index is 0.301. The third-order valence-corrected chi connectivity index (χ3v) is 2.67. The number of benzene rings is 1. The molecule has 0 spiro atoms. The summed E-state index contributed by atoms with van der Waals surface area (Å²) in [5.74, 6) is 0.695. The third-order valence-electron chi connectivity index (χ3n) is 2.21. The van der Waals surface area contributed by atoms with Crippen molar-refractivity contribution >= 4 is 28.8 Å². The minimum Gasteiger partial charge on any atom is -0.493 e. The highest BCUT2D eigenvalue weighted by Crippen LogP contribution is 2.22. The van der Waals surface area contributed by atoms with Gasteiger partial charge >= 0.3 is 0 Å². The number of thiocarbonyl (C=S) groups is 1. The van der Waals surface area contributed by atoms with E-state index in [1.807, 2.05) is 14.1 Å². The van der Waals surface area contributed by atoms with Crippen molar-refractivity contribution in [3.05, 3.63) is 28.8 Å². The van der Waals surface area contributed by atoms with Crippen LogP contribution in [0.25, 0.3) is 0 Å².